The van der Waals surface area contributed by atoms with Crippen LogP contribution in [0.5, 0.6) is 0 Å². The van der Waals surface area contributed by atoms with Gasteiger partial charge in [-0.2, -0.15) is 0 Å². The fourth-order valence-electron chi connectivity index (χ4n) is 4.03. The number of aromatic amines is 1. The smallest absolute Gasteiger partial charge is 0.330 e. The Labute approximate surface area is 204 Å². The molecular formula is C23H34ClN7O3. The molecule has 1 fully saturated rings. The van der Waals surface area contributed by atoms with Crippen molar-refractivity contribution in [1.82, 2.24) is 19.4 Å². The van der Waals surface area contributed by atoms with Crippen molar-refractivity contribution < 1.29 is 4.79 Å². The van der Waals surface area contributed by atoms with Crippen LogP contribution in [0.2, 0.25) is 5.02 Å². The summed E-state index contributed by atoms with van der Waals surface area (Å²) in [5.74, 6) is 0.887. The number of nitrogens with zero attached hydrogens (tertiary/aromatic N) is 5. The lowest BCUT2D eigenvalue weighted by molar-refractivity contribution is -0.120. The monoisotopic (exact) mass is 491 g/mol. The fourth-order valence-corrected chi connectivity index (χ4v) is 4.15. The number of rotatable bonds is 8. The van der Waals surface area contributed by atoms with Crippen LogP contribution in [0.15, 0.2) is 27.9 Å². The van der Waals surface area contributed by atoms with Gasteiger partial charge >= 0.3 is 5.69 Å². The third kappa shape index (κ3) is 6.18. The maximum atomic E-state index is 13.4. The predicted octanol–water partition coefficient (Wildman–Crippen LogP) is 1.63. The van der Waals surface area contributed by atoms with Gasteiger partial charge in [0.2, 0.25) is 5.91 Å². The summed E-state index contributed by atoms with van der Waals surface area (Å²) < 4.78 is 1.33. The molecule has 11 heteroatoms. The van der Waals surface area contributed by atoms with Gasteiger partial charge in [0, 0.05) is 45.5 Å². The third-order valence-corrected chi connectivity index (χ3v) is 5.87. The number of hydrogen-bond acceptors (Lipinski definition) is 7. The lowest BCUT2D eigenvalue weighted by atomic mass is 10.2. The van der Waals surface area contributed by atoms with Crippen LogP contribution in [0, 0.1) is 11.8 Å². The second-order valence-corrected chi connectivity index (χ2v) is 9.93. The number of piperazine rings is 1. The number of H-pyrrole nitrogens is 1. The van der Waals surface area contributed by atoms with E-state index in [0.29, 0.717) is 44.3 Å². The van der Waals surface area contributed by atoms with E-state index in [1.807, 2.05) is 39.8 Å². The van der Waals surface area contributed by atoms with Crippen LogP contribution < -0.4 is 26.8 Å². The SMILES string of the molecule is CC(C)CN(C(=O)CN1CCN(c2ccc(Cl)cn2)CC1)c1c(N)n(CC(C)C)c(=O)[nH]c1=O. The van der Waals surface area contributed by atoms with Crippen LogP contribution in [-0.4, -0.2) is 64.6 Å². The van der Waals surface area contributed by atoms with Gasteiger partial charge in [-0.25, -0.2) is 9.78 Å². The van der Waals surface area contributed by atoms with Gasteiger partial charge in [0.25, 0.3) is 5.56 Å². The van der Waals surface area contributed by atoms with E-state index in [1.165, 1.54) is 9.47 Å². The maximum absolute atomic E-state index is 13.4. The van der Waals surface area contributed by atoms with Crippen LogP contribution in [0.4, 0.5) is 17.3 Å². The highest BCUT2D eigenvalue weighted by molar-refractivity contribution is 6.30. The standard InChI is InChI=1S/C23H34ClN7O3/c1-15(2)12-30(20-21(25)31(13-16(3)4)23(34)27-22(20)33)19(32)14-28-7-9-29(10-8-28)18-6-5-17(24)11-26-18/h5-6,11,15-16H,7-10,12-14,25H2,1-4H3,(H,27,33,34). The summed E-state index contributed by atoms with van der Waals surface area (Å²) in [5.41, 5.74) is 5.12. The third-order valence-electron chi connectivity index (χ3n) is 5.65. The lowest BCUT2D eigenvalue weighted by Crippen LogP contribution is -2.52. The minimum Gasteiger partial charge on any atom is -0.383 e. The number of carbonyl (C=O) groups excluding carboxylic acids is 1. The zero-order chi connectivity index (χ0) is 25.0. The largest absolute Gasteiger partial charge is 0.383 e. The van der Waals surface area contributed by atoms with Crippen LogP contribution in [0.1, 0.15) is 27.7 Å². The van der Waals surface area contributed by atoms with Gasteiger partial charge in [-0.15, -0.1) is 0 Å². The van der Waals surface area contributed by atoms with Crippen molar-refractivity contribution in [1.29, 1.82) is 0 Å². The van der Waals surface area contributed by atoms with Crippen molar-refractivity contribution in [2.45, 2.75) is 34.2 Å². The van der Waals surface area contributed by atoms with E-state index >= 15 is 0 Å². The molecule has 0 saturated carbocycles. The summed E-state index contributed by atoms with van der Waals surface area (Å²) in [7, 11) is 0. The van der Waals surface area contributed by atoms with Crippen molar-refractivity contribution in [3.05, 3.63) is 44.2 Å². The summed E-state index contributed by atoms with van der Waals surface area (Å²) in [5, 5.41) is 0.590. The molecule has 2 aromatic rings. The van der Waals surface area contributed by atoms with Crippen molar-refractivity contribution in [3.63, 3.8) is 0 Å². The number of hydrogen-bond donors (Lipinski definition) is 2. The van der Waals surface area contributed by atoms with Crippen molar-refractivity contribution >= 4 is 34.8 Å². The van der Waals surface area contributed by atoms with E-state index in [2.05, 4.69) is 19.8 Å². The molecule has 1 aliphatic heterocycles. The first-order valence-electron chi connectivity index (χ1n) is 11.6. The number of nitrogen functional groups attached to an aromatic ring is 1. The lowest BCUT2D eigenvalue weighted by Gasteiger charge is -2.36. The zero-order valence-corrected chi connectivity index (χ0v) is 21.0. The molecular weight excluding hydrogens is 458 g/mol. The first-order chi connectivity index (χ1) is 16.1. The molecule has 3 rings (SSSR count). The van der Waals surface area contributed by atoms with Crippen LogP contribution in [-0.2, 0) is 11.3 Å². The molecule has 0 spiro atoms. The number of halogens is 1. The molecule has 1 amide bonds. The van der Waals surface area contributed by atoms with Gasteiger partial charge in [0.05, 0.1) is 11.6 Å². The van der Waals surface area contributed by atoms with Crippen molar-refractivity contribution in [2.75, 3.05) is 54.8 Å². The van der Waals surface area contributed by atoms with Crippen LogP contribution in [0.3, 0.4) is 0 Å². The Hall–Kier alpha value is -2.85. The predicted molar refractivity (Wildman–Crippen MR) is 136 cm³/mol. The summed E-state index contributed by atoms with van der Waals surface area (Å²) in [4.78, 5) is 50.8. The molecule has 34 heavy (non-hydrogen) atoms. The molecule has 0 bridgehead atoms. The molecule has 0 aromatic carbocycles. The second-order valence-electron chi connectivity index (χ2n) is 9.49. The Kier molecular flexibility index (Phi) is 8.37. The summed E-state index contributed by atoms with van der Waals surface area (Å²) in [6.07, 6.45) is 1.62. The first-order valence-corrected chi connectivity index (χ1v) is 12.0. The minimum absolute atomic E-state index is 0.0232. The number of anilines is 3. The quantitative estimate of drug-likeness (QED) is 0.575. The number of pyridine rings is 1. The Morgan fingerprint density at radius 2 is 1.82 bits per heavy atom. The molecule has 1 aliphatic rings. The van der Waals surface area contributed by atoms with Gasteiger partial charge in [0.1, 0.15) is 11.6 Å². The topological polar surface area (TPSA) is 121 Å². The van der Waals surface area contributed by atoms with Gasteiger partial charge in [0.15, 0.2) is 5.69 Å². The van der Waals surface area contributed by atoms with Gasteiger partial charge in [-0.1, -0.05) is 39.3 Å². The molecule has 3 heterocycles. The van der Waals surface area contributed by atoms with E-state index < -0.39 is 11.2 Å². The highest BCUT2D eigenvalue weighted by atomic mass is 35.5. The van der Waals surface area contributed by atoms with Crippen molar-refractivity contribution in [2.24, 2.45) is 11.8 Å². The van der Waals surface area contributed by atoms with E-state index in [1.54, 1.807) is 6.20 Å². The van der Waals surface area contributed by atoms with Crippen molar-refractivity contribution in [3.8, 4) is 0 Å². The van der Waals surface area contributed by atoms with E-state index in [9.17, 15) is 14.4 Å². The second kappa shape index (κ2) is 11.1. The number of amides is 1. The molecule has 0 atom stereocenters. The average Bonchev–Trinajstić information content (AvgIpc) is 2.76. The zero-order valence-electron chi connectivity index (χ0n) is 20.3. The highest BCUT2D eigenvalue weighted by Crippen LogP contribution is 2.21. The van der Waals surface area contributed by atoms with E-state index in [0.717, 1.165) is 5.82 Å². The molecule has 0 radical (unpaired) electrons. The van der Waals surface area contributed by atoms with Gasteiger partial charge in [-0.3, -0.25) is 24.0 Å². The summed E-state index contributed by atoms with van der Waals surface area (Å²) in [6, 6.07) is 3.69. The number of nitrogens with two attached hydrogens (primary N) is 1. The van der Waals surface area contributed by atoms with Crippen LogP contribution >= 0.6 is 11.6 Å². The average molecular weight is 492 g/mol. The van der Waals surface area contributed by atoms with Crippen LogP contribution in [0.25, 0.3) is 0 Å². The summed E-state index contributed by atoms with van der Waals surface area (Å²) >= 11 is 5.93. The molecule has 0 aliphatic carbocycles. The Bertz CT molecular complexity index is 1100. The molecule has 186 valence electrons. The molecule has 0 unspecified atom stereocenters. The van der Waals surface area contributed by atoms with E-state index in [4.69, 9.17) is 17.3 Å². The Balaban J connectivity index is 1.78. The molecule has 1 saturated heterocycles. The number of nitrogens with one attached hydrogen (secondary N) is 1. The van der Waals surface area contributed by atoms with Gasteiger partial charge in [-0.05, 0) is 24.0 Å². The summed E-state index contributed by atoms with van der Waals surface area (Å²) in [6.45, 7) is 11.4. The first kappa shape index (κ1) is 25.8. The molecule has 2 aromatic heterocycles. The Morgan fingerprint density at radius 3 is 2.38 bits per heavy atom. The number of carbonyl (C=O) groups is 1. The molecule has 3 N–H and O–H groups in total. The minimum atomic E-state index is -0.643. The highest BCUT2D eigenvalue weighted by Gasteiger charge is 2.28. The Morgan fingerprint density at radius 1 is 1.15 bits per heavy atom. The van der Waals surface area contributed by atoms with E-state index in [-0.39, 0.29) is 35.8 Å². The molecule has 10 nitrogen and oxygen atoms in total. The fraction of sp³-hybridized carbons (Fsp3) is 0.565. The normalized spacial score (nSPS) is 14.7. The van der Waals surface area contributed by atoms with Gasteiger partial charge < -0.3 is 15.5 Å². The maximum Gasteiger partial charge on any atom is 0.330 e. The number of aromatic nitrogens is 3.